The lowest BCUT2D eigenvalue weighted by molar-refractivity contribution is -0.145. The molecule has 0 radical (unpaired) electrons. The molecule has 0 aliphatic heterocycles. The maximum absolute atomic E-state index is 12.0. The summed E-state index contributed by atoms with van der Waals surface area (Å²) in [5.41, 5.74) is 3.70. The second-order valence-electron chi connectivity index (χ2n) is 6.47. The molecule has 0 spiro atoms. The van der Waals surface area contributed by atoms with E-state index >= 15 is 0 Å². The van der Waals surface area contributed by atoms with Crippen LogP contribution in [0.4, 0.5) is 0 Å². The molecule has 2 atom stereocenters. The van der Waals surface area contributed by atoms with Crippen LogP contribution in [-0.2, 0) is 15.3 Å². The van der Waals surface area contributed by atoms with Crippen molar-refractivity contribution in [2.24, 2.45) is 0 Å². The molecular weight excluding hydrogens is 358 g/mol. The average Bonchev–Trinajstić information content (AvgIpc) is 2.69. The number of ether oxygens (including phenoxy) is 2. The molecule has 0 aliphatic rings. The number of esters is 1. The largest absolute Gasteiger partial charge is 0.497 e. The minimum Gasteiger partial charge on any atom is -0.497 e. The number of carbonyl (C=O) groups excluding carboxylic acids is 1. The zero-order valence-corrected chi connectivity index (χ0v) is 17.3. The van der Waals surface area contributed by atoms with Crippen molar-refractivity contribution in [1.82, 2.24) is 5.32 Å². The Balaban J connectivity index is 2.03. The number of aryl methyl sites for hydroxylation is 1. The van der Waals surface area contributed by atoms with Crippen LogP contribution in [0.25, 0.3) is 0 Å². The molecule has 146 valence electrons. The Kier molecular flexibility index (Phi) is 8.69. The molecule has 0 saturated heterocycles. The molecule has 0 bridgehead atoms. The van der Waals surface area contributed by atoms with Crippen molar-refractivity contribution >= 4 is 17.7 Å². The van der Waals surface area contributed by atoms with Crippen LogP contribution in [0.3, 0.4) is 0 Å². The summed E-state index contributed by atoms with van der Waals surface area (Å²) in [6.07, 6.45) is 0. The molecule has 0 heterocycles. The Morgan fingerprint density at radius 2 is 1.78 bits per heavy atom. The highest BCUT2D eigenvalue weighted by atomic mass is 32.2. The summed E-state index contributed by atoms with van der Waals surface area (Å²) in [5, 5.41) is 3.41. The smallest absolute Gasteiger partial charge is 0.322 e. The average molecular weight is 388 g/mol. The van der Waals surface area contributed by atoms with Crippen molar-refractivity contribution in [1.29, 1.82) is 0 Å². The van der Waals surface area contributed by atoms with E-state index in [-0.39, 0.29) is 18.1 Å². The monoisotopic (exact) mass is 387 g/mol. The van der Waals surface area contributed by atoms with Crippen molar-refractivity contribution in [2.75, 3.05) is 19.5 Å². The summed E-state index contributed by atoms with van der Waals surface area (Å²) in [6.45, 7) is 6.15. The first kappa shape index (κ1) is 21.3. The predicted octanol–water partition coefficient (Wildman–Crippen LogP) is 4.52. The van der Waals surface area contributed by atoms with Crippen molar-refractivity contribution in [3.63, 3.8) is 0 Å². The lowest BCUT2D eigenvalue weighted by atomic mass is 10.1. The Bertz CT molecular complexity index is 701. The Labute approximate surface area is 166 Å². The fourth-order valence-electron chi connectivity index (χ4n) is 2.69. The number of hydrogen-bond acceptors (Lipinski definition) is 5. The summed E-state index contributed by atoms with van der Waals surface area (Å²) in [5.74, 6) is 2.38. The van der Waals surface area contributed by atoms with E-state index in [4.69, 9.17) is 9.47 Å². The van der Waals surface area contributed by atoms with Gasteiger partial charge in [0.2, 0.25) is 0 Å². The summed E-state index contributed by atoms with van der Waals surface area (Å²) in [6, 6.07) is 16.3. The number of methoxy groups -OCH3 is 1. The lowest BCUT2D eigenvalue weighted by Gasteiger charge is -2.23. The van der Waals surface area contributed by atoms with E-state index < -0.39 is 0 Å². The normalized spacial score (nSPS) is 13.0. The van der Waals surface area contributed by atoms with Crippen molar-refractivity contribution < 1.29 is 14.3 Å². The van der Waals surface area contributed by atoms with E-state index in [2.05, 4.69) is 36.5 Å². The molecule has 1 N–H and O–H groups in total. The summed E-state index contributed by atoms with van der Waals surface area (Å²) in [7, 11) is 1.66. The highest BCUT2D eigenvalue weighted by Crippen LogP contribution is 2.24. The van der Waals surface area contributed by atoms with E-state index in [9.17, 15) is 4.79 Å². The molecular formula is C22H29NO3S. The van der Waals surface area contributed by atoms with Gasteiger partial charge in [-0.3, -0.25) is 10.1 Å². The van der Waals surface area contributed by atoms with Gasteiger partial charge in [-0.2, -0.15) is 11.8 Å². The molecule has 1 unspecified atom stereocenters. The fourth-order valence-corrected chi connectivity index (χ4v) is 3.76. The lowest BCUT2D eigenvalue weighted by Crippen LogP contribution is -2.39. The van der Waals surface area contributed by atoms with Crippen LogP contribution in [0.1, 0.15) is 36.6 Å². The zero-order chi connectivity index (χ0) is 19.6. The maximum Gasteiger partial charge on any atom is 0.322 e. The van der Waals surface area contributed by atoms with E-state index in [1.54, 1.807) is 7.11 Å². The second-order valence-corrected chi connectivity index (χ2v) is 7.50. The molecule has 2 aromatic rings. The maximum atomic E-state index is 12.0. The molecule has 2 aromatic carbocycles. The molecule has 0 aliphatic carbocycles. The van der Waals surface area contributed by atoms with Crippen LogP contribution < -0.4 is 10.1 Å². The van der Waals surface area contributed by atoms with Gasteiger partial charge in [0.1, 0.15) is 11.8 Å². The number of carbonyl (C=O) groups is 1. The fraction of sp³-hybridized carbons (Fsp3) is 0.409. The number of hydrogen-bond donors (Lipinski definition) is 1. The van der Waals surface area contributed by atoms with Gasteiger partial charge in [0.25, 0.3) is 0 Å². The van der Waals surface area contributed by atoms with Gasteiger partial charge >= 0.3 is 5.97 Å². The zero-order valence-electron chi connectivity index (χ0n) is 16.5. The van der Waals surface area contributed by atoms with Crippen molar-refractivity contribution in [2.45, 2.75) is 38.6 Å². The first-order chi connectivity index (χ1) is 13.0. The van der Waals surface area contributed by atoms with Crippen LogP contribution in [0.5, 0.6) is 5.75 Å². The Morgan fingerprint density at radius 3 is 2.37 bits per heavy atom. The van der Waals surface area contributed by atoms with Crippen LogP contribution >= 0.6 is 11.8 Å². The third-order valence-electron chi connectivity index (χ3n) is 4.28. The van der Waals surface area contributed by atoms with Crippen LogP contribution in [0.2, 0.25) is 0 Å². The molecule has 27 heavy (non-hydrogen) atoms. The third-order valence-corrected chi connectivity index (χ3v) is 5.39. The quantitative estimate of drug-likeness (QED) is 0.608. The Morgan fingerprint density at radius 1 is 1.11 bits per heavy atom. The molecule has 4 nitrogen and oxygen atoms in total. The van der Waals surface area contributed by atoms with E-state index in [0.29, 0.717) is 6.61 Å². The first-order valence-electron chi connectivity index (χ1n) is 9.23. The van der Waals surface area contributed by atoms with E-state index in [1.807, 2.05) is 49.9 Å². The van der Waals surface area contributed by atoms with Gasteiger partial charge < -0.3 is 9.47 Å². The van der Waals surface area contributed by atoms with Gasteiger partial charge in [-0.1, -0.05) is 42.0 Å². The number of benzene rings is 2. The number of rotatable bonds is 10. The summed E-state index contributed by atoms with van der Waals surface area (Å²) < 4.78 is 10.4. The number of nitrogens with one attached hydrogen (secondary N) is 1. The number of thioether (sulfide) groups is 1. The standard InChI is InChI=1S/C22H29NO3S/c1-5-26-22(24)17(3)23-21(19-10-12-20(25-4)13-11-19)15-27-14-18-8-6-16(2)7-9-18/h6-13,17,21,23H,5,14-15H2,1-4H3/t17-,21?/m0/s1. The molecule has 2 rings (SSSR count). The van der Waals surface area contributed by atoms with Gasteiger partial charge in [0.05, 0.1) is 13.7 Å². The molecule has 5 heteroatoms. The first-order valence-corrected chi connectivity index (χ1v) is 10.4. The molecule has 0 amide bonds. The third kappa shape index (κ3) is 6.92. The Hall–Kier alpha value is -1.98. The van der Waals surface area contributed by atoms with Gasteiger partial charge in [-0.25, -0.2) is 0 Å². The van der Waals surface area contributed by atoms with Gasteiger partial charge in [-0.15, -0.1) is 0 Å². The highest BCUT2D eigenvalue weighted by molar-refractivity contribution is 7.98. The van der Waals surface area contributed by atoms with Crippen molar-refractivity contribution in [3.8, 4) is 5.75 Å². The molecule has 0 fully saturated rings. The highest BCUT2D eigenvalue weighted by Gasteiger charge is 2.20. The van der Waals surface area contributed by atoms with Crippen LogP contribution in [0, 0.1) is 6.92 Å². The van der Waals surface area contributed by atoms with Gasteiger partial charge in [0, 0.05) is 17.5 Å². The van der Waals surface area contributed by atoms with Crippen molar-refractivity contribution in [3.05, 3.63) is 65.2 Å². The minimum absolute atomic E-state index is 0.0470. The summed E-state index contributed by atoms with van der Waals surface area (Å²) >= 11 is 1.85. The molecule has 0 saturated carbocycles. The van der Waals surface area contributed by atoms with E-state index in [0.717, 1.165) is 22.8 Å². The molecule has 0 aromatic heterocycles. The van der Waals surface area contributed by atoms with Crippen LogP contribution in [0.15, 0.2) is 48.5 Å². The second kappa shape index (κ2) is 11.0. The SMILES string of the molecule is CCOC(=O)[C@H](C)NC(CSCc1ccc(C)cc1)c1ccc(OC)cc1. The predicted molar refractivity (Wildman–Crippen MR) is 112 cm³/mol. The summed E-state index contributed by atoms with van der Waals surface area (Å²) in [4.78, 5) is 12.0. The minimum atomic E-state index is -0.364. The van der Waals surface area contributed by atoms with Gasteiger partial charge in [-0.05, 0) is 44.0 Å². The van der Waals surface area contributed by atoms with Gasteiger partial charge in [0.15, 0.2) is 0 Å². The van der Waals surface area contributed by atoms with Crippen LogP contribution in [-0.4, -0.2) is 31.5 Å². The topological polar surface area (TPSA) is 47.6 Å². The van der Waals surface area contributed by atoms with E-state index in [1.165, 1.54) is 11.1 Å².